The van der Waals surface area contributed by atoms with Gasteiger partial charge in [-0.25, -0.2) is 0 Å². The first-order valence-electron chi connectivity index (χ1n) is 7.70. The molecule has 1 aliphatic carbocycles. The van der Waals surface area contributed by atoms with E-state index < -0.39 is 0 Å². The lowest BCUT2D eigenvalue weighted by Gasteiger charge is -2.19. The topological polar surface area (TPSA) is 55.1 Å². The molecule has 0 saturated carbocycles. The number of hydrogen-bond donors (Lipinski definition) is 2. The molecule has 3 N–H and O–H groups in total. The molecule has 1 amide bonds. The van der Waals surface area contributed by atoms with Gasteiger partial charge in [0.1, 0.15) is 0 Å². The molecule has 0 bridgehead atoms. The number of halogens is 1. The average molecular weight is 331 g/mol. The predicted molar refractivity (Wildman–Crippen MR) is 95.9 cm³/mol. The van der Waals surface area contributed by atoms with E-state index in [1.54, 1.807) is 0 Å². The molecule has 1 atom stereocenters. The molecule has 1 unspecified atom stereocenters. The van der Waals surface area contributed by atoms with E-state index in [4.69, 9.17) is 5.73 Å². The van der Waals surface area contributed by atoms with Gasteiger partial charge in [0.15, 0.2) is 0 Å². The first-order chi connectivity index (χ1) is 10.5. The lowest BCUT2D eigenvalue weighted by molar-refractivity contribution is 0.0934. The van der Waals surface area contributed by atoms with Crippen LogP contribution in [0.15, 0.2) is 48.5 Å². The van der Waals surface area contributed by atoms with Crippen LogP contribution in [0, 0.1) is 0 Å². The van der Waals surface area contributed by atoms with Gasteiger partial charge in [0.2, 0.25) is 0 Å². The van der Waals surface area contributed by atoms with E-state index >= 15 is 0 Å². The second kappa shape index (κ2) is 6.73. The fourth-order valence-electron chi connectivity index (χ4n) is 3.31. The molecule has 0 radical (unpaired) electrons. The number of nitrogens with one attached hydrogen (secondary N) is 1. The third-order valence-corrected chi connectivity index (χ3v) is 4.54. The van der Waals surface area contributed by atoms with Crippen LogP contribution in [0.3, 0.4) is 0 Å². The van der Waals surface area contributed by atoms with Crippen molar-refractivity contribution in [2.24, 2.45) is 5.73 Å². The highest BCUT2D eigenvalue weighted by atomic mass is 35.5. The lowest BCUT2D eigenvalue weighted by Crippen LogP contribution is -2.28. The SMILES string of the molecule is CC1(C)CC(NC(=O)c2ccc(CN)cc2)c2ccccc21.Cl. The van der Waals surface area contributed by atoms with Gasteiger partial charge < -0.3 is 11.1 Å². The number of rotatable bonds is 3. The zero-order chi connectivity index (χ0) is 15.7. The van der Waals surface area contributed by atoms with E-state index in [-0.39, 0.29) is 29.8 Å². The molecule has 4 heteroatoms. The first kappa shape index (κ1) is 17.5. The third-order valence-electron chi connectivity index (χ3n) is 4.54. The number of hydrogen-bond acceptors (Lipinski definition) is 2. The maximum atomic E-state index is 12.5. The molecule has 3 nitrogen and oxygen atoms in total. The second-order valence-corrected chi connectivity index (χ2v) is 6.60. The fraction of sp³-hybridized carbons (Fsp3) is 0.316. The summed E-state index contributed by atoms with van der Waals surface area (Å²) >= 11 is 0. The maximum Gasteiger partial charge on any atom is 0.251 e. The molecule has 23 heavy (non-hydrogen) atoms. The standard InChI is InChI=1S/C19H22N2O.ClH/c1-19(2)11-17(15-5-3-4-6-16(15)19)21-18(22)14-9-7-13(12-20)8-10-14;/h3-10,17H,11-12,20H2,1-2H3,(H,21,22);1H. The van der Waals surface area contributed by atoms with Crippen LogP contribution in [-0.2, 0) is 12.0 Å². The zero-order valence-electron chi connectivity index (χ0n) is 13.5. The lowest BCUT2D eigenvalue weighted by atomic mass is 9.86. The Bertz CT molecular complexity index is 695. The van der Waals surface area contributed by atoms with Crippen molar-refractivity contribution in [3.8, 4) is 0 Å². The van der Waals surface area contributed by atoms with Crippen LogP contribution < -0.4 is 11.1 Å². The van der Waals surface area contributed by atoms with Gasteiger partial charge in [0.25, 0.3) is 5.91 Å². The highest BCUT2D eigenvalue weighted by Gasteiger charge is 2.37. The molecule has 0 saturated heterocycles. The Morgan fingerprint density at radius 1 is 1.17 bits per heavy atom. The zero-order valence-corrected chi connectivity index (χ0v) is 14.3. The highest BCUT2D eigenvalue weighted by molar-refractivity contribution is 5.94. The number of amides is 1. The van der Waals surface area contributed by atoms with Crippen LogP contribution in [-0.4, -0.2) is 5.91 Å². The smallest absolute Gasteiger partial charge is 0.251 e. The van der Waals surface area contributed by atoms with Crippen molar-refractivity contribution >= 4 is 18.3 Å². The van der Waals surface area contributed by atoms with Gasteiger partial charge in [-0.1, -0.05) is 50.2 Å². The number of benzene rings is 2. The van der Waals surface area contributed by atoms with Gasteiger partial charge in [-0.15, -0.1) is 12.4 Å². The molecule has 2 aromatic rings. The molecule has 0 spiro atoms. The molecular formula is C19H23ClN2O. The maximum absolute atomic E-state index is 12.5. The number of fused-ring (bicyclic) bond motifs is 1. The summed E-state index contributed by atoms with van der Waals surface area (Å²) in [6.45, 7) is 4.95. The number of nitrogens with two attached hydrogens (primary N) is 1. The first-order valence-corrected chi connectivity index (χ1v) is 7.70. The summed E-state index contributed by atoms with van der Waals surface area (Å²) in [5.74, 6) is -0.0268. The van der Waals surface area contributed by atoms with E-state index in [1.165, 1.54) is 11.1 Å². The Kier molecular flexibility index (Phi) is 5.12. The van der Waals surface area contributed by atoms with Crippen molar-refractivity contribution in [3.63, 3.8) is 0 Å². The largest absolute Gasteiger partial charge is 0.345 e. The van der Waals surface area contributed by atoms with Gasteiger partial charge in [0.05, 0.1) is 6.04 Å². The van der Waals surface area contributed by atoms with Crippen molar-refractivity contribution in [2.75, 3.05) is 0 Å². The van der Waals surface area contributed by atoms with E-state index in [1.807, 2.05) is 30.3 Å². The molecule has 122 valence electrons. The predicted octanol–water partition coefficient (Wildman–Crippen LogP) is 3.72. The normalized spacial score (nSPS) is 18.0. The molecular weight excluding hydrogens is 308 g/mol. The van der Waals surface area contributed by atoms with Crippen LogP contribution in [0.1, 0.15) is 53.4 Å². The third kappa shape index (κ3) is 3.41. The van der Waals surface area contributed by atoms with Gasteiger partial charge in [-0.05, 0) is 40.7 Å². The van der Waals surface area contributed by atoms with Crippen molar-refractivity contribution in [3.05, 3.63) is 70.8 Å². The highest BCUT2D eigenvalue weighted by Crippen LogP contribution is 2.44. The van der Waals surface area contributed by atoms with Crippen LogP contribution in [0.4, 0.5) is 0 Å². The van der Waals surface area contributed by atoms with Crippen LogP contribution in [0.2, 0.25) is 0 Å². The molecule has 1 aliphatic rings. The number of carbonyl (C=O) groups excluding carboxylic acids is 1. The summed E-state index contributed by atoms with van der Waals surface area (Å²) in [4.78, 5) is 12.5. The van der Waals surface area contributed by atoms with Crippen LogP contribution >= 0.6 is 12.4 Å². The van der Waals surface area contributed by atoms with E-state index in [0.29, 0.717) is 12.1 Å². The van der Waals surface area contributed by atoms with Gasteiger partial charge >= 0.3 is 0 Å². The van der Waals surface area contributed by atoms with Crippen molar-refractivity contribution in [1.29, 1.82) is 0 Å². The minimum atomic E-state index is -0.0268. The molecule has 0 aliphatic heterocycles. The molecule has 0 heterocycles. The number of carbonyl (C=O) groups is 1. The Labute approximate surface area is 143 Å². The van der Waals surface area contributed by atoms with E-state index in [9.17, 15) is 4.79 Å². The molecule has 0 aromatic heterocycles. The summed E-state index contributed by atoms with van der Waals surface area (Å²) in [5.41, 5.74) is 9.96. The molecule has 3 rings (SSSR count). The molecule has 0 fully saturated rings. The van der Waals surface area contributed by atoms with Gasteiger partial charge in [-0.3, -0.25) is 4.79 Å². The van der Waals surface area contributed by atoms with Gasteiger partial charge in [0, 0.05) is 12.1 Å². The summed E-state index contributed by atoms with van der Waals surface area (Å²) in [7, 11) is 0. The van der Waals surface area contributed by atoms with Crippen molar-refractivity contribution in [2.45, 2.75) is 38.3 Å². The Morgan fingerprint density at radius 3 is 2.48 bits per heavy atom. The monoisotopic (exact) mass is 330 g/mol. The summed E-state index contributed by atoms with van der Waals surface area (Å²) in [5, 5.41) is 3.17. The molecule has 2 aromatic carbocycles. The van der Waals surface area contributed by atoms with Crippen LogP contribution in [0.5, 0.6) is 0 Å². The average Bonchev–Trinajstić information content (AvgIpc) is 2.79. The van der Waals surface area contributed by atoms with Gasteiger partial charge in [-0.2, -0.15) is 0 Å². The second-order valence-electron chi connectivity index (χ2n) is 6.60. The van der Waals surface area contributed by atoms with Crippen molar-refractivity contribution in [1.82, 2.24) is 5.32 Å². The fourth-order valence-corrected chi connectivity index (χ4v) is 3.31. The van der Waals surface area contributed by atoms with E-state index in [0.717, 1.165) is 12.0 Å². The summed E-state index contributed by atoms with van der Waals surface area (Å²) in [6, 6.07) is 15.9. The van der Waals surface area contributed by atoms with Crippen molar-refractivity contribution < 1.29 is 4.79 Å². The minimum Gasteiger partial charge on any atom is -0.345 e. The van der Waals surface area contributed by atoms with Crippen LogP contribution in [0.25, 0.3) is 0 Å². The quantitative estimate of drug-likeness (QED) is 0.901. The minimum absolute atomic E-state index is 0. The summed E-state index contributed by atoms with van der Waals surface area (Å²) in [6.07, 6.45) is 0.930. The Morgan fingerprint density at radius 2 is 1.83 bits per heavy atom. The van der Waals surface area contributed by atoms with E-state index in [2.05, 4.69) is 37.4 Å². The Hall–Kier alpha value is -1.84. The summed E-state index contributed by atoms with van der Waals surface area (Å²) < 4.78 is 0. The Balaban J connectivity index is 0.00000192.